The number of hydrogen-bond acceptors (Lipinski definition) is 3. The highest BCUT2D eigenvalue weighted by Gasteiger charge is 2.61. The van der Waals surface area contributed by atoms with Crippen LogP contribution in [0.4, 0.5) is 0 Å². The fourth-order valence-electron chi connectivity index (χ4n) is 9.05. The molecule has 34 heavy (non-hydrogen) atoms. The molecule has 0 aromatic heterocycles. The molecule has 3 fully saturated rings. The van der Waals surface area contributed by atoms with Crippen molar-refractivity contribution in [1.29, 1.82) is 0 Å². The third kappa shape index (κ3) is 5.57. The Labute approximate surface area is 211 Å². The van der Waals surface area contributed by atoms with Crippen LogP contribution in [0.1, 0.15) is 127 Å². The van der Waals surface area contributed by atoms with E-state index < -0.39 is 5.60 Å². The summed E-state index contributed by atoms with van der Waals surface area (Å²) in [6, 6.07) is 0. The summed E-state index contributed by atoms with van der Waals surface area (Å²) < 4.78 is 6.31. The lowest BCUT2D eigenvalue weighted by Crippen LogP contribution is -2.59. The molecule has 0 aromatic carbocycles. The minimum atomic E-state index is -0.769. The lowest BCUT2D eigenvalue weighted by Gasteiger charge is -2.60. The predicted octanol–water partition coefficient (Wildman–Crippen LogP) is 7.62. The fourth-order valence-corrected chi connectivity index (χ4v) is 9.05. The van der Waals surface area contributed by atoms with Gasteiger partial charge in [0, 0.05) is 13.0 Å². The second-order valence-electron chi connectivity index (χ2n) is 14.9. The van der Waals surface area contributed by atoms with Crippen molar-refractivity contribution in [3.05, 3.63) is 0 Å². The lowest BCUT2D eigenvalue weighted by molar-refractivity contribution is -0.203. The summed E-state index contributed by atoms with van der Waals surface area (Å²) in [6.07, 6.45) is 11.8. The molecule has 0 saturated heterocycles. The Hall–Kier alpha value is -0.120. The van der Waals surface area contributed by atoms with Crippen molar-refractivity contribution in [2.45, 2.75) is 144 Å². The van der Waals surface area contributed by atoms with Crippen LogP contribution in [-0.2, 0) is 4.74 Å². The van der Waals surface area contributed by atoms with Gasteiger partial charge in [0.05, 0.1) is 17.3 Å². The largest absolute Gasteiger partial charge is 0.396 e. The zero-order chi connectivity index (χ0) is 25.5. The Morgan fingerprint density at radius 1 is 0.912 bits per heavy atom. The Bertz CT molecular complexity index is 664. The first-order valence-corrected chi connectivity index (χ1v) is 14.7. The summed E-state index contributed by atoms with van der Waals surface area (Å²) in [5.41, 5.74) is -0.773. The first-order valence-electron chi connectivity index (χ1n) is 14.7. The van der Waals surface area contributed by atoms with E-state index in [1.165, 1.54) is 38.5 Å². The van der Waals surface area contributed by atoms with Crippen LogP contribution in [0, 0.1) is 46.3 Å². The van der Waals surface area contributed by atoms with E-state index in [9.17, 15) is 10.2 Å². The summed E-state index contributed by atoms with van der Waals surface area (Å²) >= 11 is 0. The van der Waals surface area contributed by atoms with Gasteiger partial charge in [0.25, 0.3) is 0 Å². The van der Waals surface area contributed by atoms with E-state index in [0.29, 0.717) is 29.6 Å². The van der Waals surface area contributed by atoms with Gasteiger partial charge in [-0.2, -0.15) is 0 Å². The highest BCUT2D eigenvalue weighted by Crippen LogP contribution is 2.65. The van der Waals surface area contributed by atoms with Gasteiger partial charge in [-0.15, -0.1) is 0 Å². The van der Waals surface area contributed by atoms with Gasteiger partial charge in [0.1, 0.15) is 0 Å². The van der Waals surface area contributed by atoms with Crippen LogP contribution in [0.25, 0.3) is 0 Å². The van der Waals surface area contributed by atoms with E-state index in [4.69, 9.17) is 4.74 Å². The van der Waals surface area contributed by atoms with Crippen molar-refractivity contribution in [3.8, 4) is 0 Å². The van der Waals surface area contributed by atoms with Gasteiger partial charge in [-0.1, -0.05) is 53.9 Å². The fraction of sp³-hybridized carbons (Fsp3) is 1.00. The molecule has 2 N–H and O–H groups in total. The van der Waals surface area contributed by atoms with Crippen LogP contribution in [0.5, 0.6) is 0 Å². The Kier molecular flexibility index (Phi) is 8.64. The van der Waals surface area contributed by atoms with Gasteiger partial charge in [-0.05, 0) is 113 Å². The maximum absolute atomic E-state index is 11.9. The first kappa shape index (κ1) is 28.5. The molecular formula is C31H58O3. The van der Waals surface area contributed by atoms with Gasteiger partial charge in [0.2, 0.25) is 0 Å². The van der Waals surface area contributed by atoms with E-state index in [1.54, 1.807) is 0 Å². The minimum absolute atomic E-state index is 0.118. The van der Waals surface area contributed by atoms with Crippen molar-refractivity contribution < 1.29 is 14.9 Å². The van der Waals surface area contributed by atoms with Crippen molar-refractivity contribution in [2.24, 2.45) is 46.3 Å². The third-order valence-electron chi connectivity index (χ3n) is 11.0. The van der Waals surface area contributed by atoms with E-state index in [2.05, 4.69) is 62.3 Å². The van der Waals surface area contributed by atoms with Crippen LogP contribution in [-0.4, -0.2) is 34.1 Å². The Morgan fingerprint density at radius 2 is 1.59 bits per heavy atom. The van der Waals surface area contributed by atoms with Gasteiger partial charge in [-0.25, -0.2) is 0 Å². The van der Waals surface area contributed by atoms with Crippen LogP contribution in [0.3, 0.4) is 0 Å². The molecule has 3 saturated carbocycles. The van der Waals surface area contributed by atoms with Crippen LogP contribution in [0.2, 0.25) is 0 Å². The number of fused-ring (bicyclic) bond motifs is 1. The molecule has 0 bridgehead atoms. The molecule has 0 amide bonds. The average Bonchev–Trinajstić information content (AvgIpc) is 3.05. The molecule has 3 rings (SSSR count). The Balaban J connectivity index is 1.75. The number of rotatable bonds is 8. The molecule has 0 aromatic rings. The van der Waals surface area contributed by atoms with Crippen LogP contribution < -0.4 is 0 Å². The van der Waals surface area contributed by atoms with Gasteiger partial charge in [0.15, 0.2) is 0 Å². The maximum atomic E-state index is 11.9. The van der Waals surface area contributed by atoms with Crippen molar-refractivity contribution in [2.75, 3.05) is 6.61 Å². The highest BCUT2D eigenvalue weighted by molar-refractivity contribution is 5.10. The average molecular weight is 479 g/mol. The number of aliphatic hydroxyl groups is 2. The van der Waals surface area contributed by atoms with Crippen LogP contribution in [0.15, 0.2) is 0 Å². The predicted molar refractivity (Wildman–Crippen MR) is 143 cm³/mol. The molecule has 0 spiro atoms. The normalized spacial score (nSPS) is 44.3. The molecule has 0 unspecified atom stereocenters. The molecule has 0 heterocycles. The molecule has 3 aliphatic carbocycles. The highest BCUT2D eigenvalue weighted by atomic mass is 16.5. The monoisotopic (exact) mass is 478 g/mol. The van der Waals surface area contributed by atoms with Crippen molar-refractivity contribution >= 4 is 0 Å². The second-order valence-corrected chi connectivity index (χ2v) is 14.9. The molecular weight excluding hydrogens is 420 g/mol. The SMILES string of the molecule is CC(C)CCC[C@H](C)[C@@H]1CC[C@H]2[C@@H](CO)[C@@H]([C@@]3(C)CC[C@H](OC(C)(C)C)C[C@]3(C)O)CC[C@@]21C. The van der Waals surface area contributed by atoms with Gasteiger partial charge >= 0.3 is 0 Å². The van der Waals surface area contributed by atoms with E-state index in [-0.39, 0.29) is 23.7 Å². The summed E-state index contributed by atoms with van der Waals surface area (Å²) in [5.74, 6) is 3.63. The molecule has 3 heteroatoms. The number of aliphatic hydroxyl groups excluding tert-OH is 1. The van der Waals surface area contributed by atoms with Gasteiger partial charge < -0.3 is 14.9 Å². The number of ether oxygens (including phenoxy) is 1. The lowest BCUT2D eigenvalue weighted by atomic mass is 9.47. The van der Waals surface area contributed by atoms with Crippen LogP contribution >= 0.6 is 0 Å². The first-order chi connectivity index (χ1) is 15.6. The maximum Gasteiger partial charge on any atom is 0.0700 e. The van der Waals surface area contributed by atoms with Gasteiger partial charge in [-0.3, -0.25) is 0 Å². The quantitative estimate of drug-likeness (QED) is 0.377. The van der Waals surface area contributed by atoms with Crippen molar-refractivity contribution in [1.82, 2.24) is 0 Å². The smallest absolute Gasteiger partial charge is 0.0700 e. The zero-order valence-corrected chi connectivity index (χ0v) is 24.1. The molecule has 3 aliphatic rings. The summed E-state index contributed by atoms with van der Waals surface area (Å²) in [4.78, 5) is 0. The molecule has 0 radical (unpaired) electrons. The zero-order valence-electron chi connectivity index (χ0n) is 24.1. The molecule has 0 aliphatic heterocycles. The summed E-state index contributed by atoms with van der Waals surface area (Å²) in [7, 11) is 0. The van der Waals surface area contributed by atoms with E-state index in [1.807, 2.05) is 0 Å². The molecule has 3 nitrogen and oxygen atoms in total. The summed E-state index contributed by atoms with van der Waals surface area (Å²) in [5, 5.41) is 22.6. The van der Waals surface area contributed by atoms with E-state index >= 15 is 0 Å². The second kappa shape index (κ2) is 10.3. The summed E-state index contributed by atoms with van der Waals surface area (Å²) in [6.45, 7) is 20.7. The topological polar surface area (TPSA) is 49.7 Å². The molecule has 200 valence electrons. The minimum Gasteiger partial charge on any atom is -0.396 e. The third-order valence-corrected chi connectivity index (χ3v) is 11.0. The Morgan fingerprint density at radius 3 is 2.15 bits per heavy atom. The number of hydrogen-bond donors (Lipinski definition) is 2. The standard InChI is InChI=1S/C31H58O3/c1-21(2)11-10-12-22(3)25-13-14-26-24(20-32)27(16-17-29(25,26)7)30(8)18-15-23(19-31(30,9)33)34-28(4,5)6/h21-27,32-33H,10-20H2,1-9H3/t22-,23-,24+,25-,26-,27-,29+,30+,31-/m0/s1. The van der Waals surface area contributed by atoms with Crippen molar-refractivity contribution in [3.63, 3.8) is 0 Å². The molecule has 9 atom stereocenters. The van der Waals surface area contributed by atoms with E-state index in [0.717, 1.165) is 37.0 Å².